The maximum absolute atomic E-state index is 12.0. The average Bonchev–Trinajstić information content (AvgIpc) is 2.49. The number of nitrogens with one attached hydrogen (secondary N) is 1. The second-order valence-electron chi connectivity index (χ2n) is 4.80. The van der Waals surface area contributed by atoms with E-state index in [9.17, 15) is 14.9 Å². The van der Waals surface area contributed by atoms with Crippen LogP contribution in [0.2, 0.25) is 0 Å². The fourth-order valence-corrected chi connectivity index (χ4v) is 1.93. The van der Waals surface area contributed by atoms with Crippen molar-refractivity contribution in [3.05, 3.63) is 69.8 Å². The first-order valence-corrected chi connectivity index (χ1v) is 6.59. The van der Waals surface area contributed by atoms with Gasteiger partial charge in [0.15, 0.2) is 0 Å². The molecule has 0 spiro atoms. The fourth-order valence-electron chi connectivity index (χ4n) is 1.93. The van der Waals surface area contributed by atoms with Crippen molar-refractivity contribution in [1.82, 2.24) is 5.01 Å². The van der Waals surface area contributed by atoms with Gasteiger partial charge < -0.3 is 5.32 Å². The van der Waals surface area contributed by atoms with Gasteiger partial charge in [0.05, 0.1) is 11.5 Å². The van der Waals surface area contributed by atoms with Crippen LogP contribution in [-0.4, -0.2) is 16.0 Å². The Balaban J connectivity index is 2.05. The number of carbonyl (C=O) groups excluding carboxylic acids is 1. The smallest absolute Gasteiger partial charge is 0.306 e. The van der Waals surface area contributed by atoms with Crippen LogP contribution in [0.1, 0.15) is 11.1 Å². The van der Waals surface area contributed by atoms with Crippen LogP contribution in [0.5, 0.6) is 0 Å². The number of nitrogens with zero attached hydrogens (tertiary/aromatic N) is 2. The Hall–Kier alpha value is -2.93. The second kappa shape index (κ2) is 6.68. The number of rotatable bonds is 4. The summed E-state index contributed by atoms with van der Waals surface area (Å²) in [5, 5.41) is 14.4. The molecule has 0 unspecified atom stereocenters. The normalized spacial score (nSPS) is 10.1. The fraction of sp³-hybridized carbons (Fsp3) is 0.133. The third-order valence-corrected chi connectivity index (χ3v) is 3.11. The third kappa shape index (κ3) is 3.80. The summed E-state index contributed by atoms with van der Waals surface area (Å²) in [6.07, 6.45) is 0. The summed E-state index contributed by atoms with van der Waals surface area (Å²) >= 11 is 0. The van der Waals surface area contributed by atoms with Gasteiger partial charge >= 0.3 is 6.03 Å². The van der Waals surface area contributed by atoms with Gasteiger partial charge in [0.2, 0.25) is 0 Å². The molecule has 7 heteroatoms. The molecule has 114 valence electrons. The lowest BCUT2D eigenvalue weighted by Gasteiger charge is -2.17. The Labute approximate surface area is 127 Å². The number of hydrazine groups is 1. The highest BCUT2D eigenvalue weighted by Crippen LogP contribution is 2.22. The molecule has 2 aromatic rings. The molecular weight excluding hydrogens is 284 g/mol. The van der Waals surface area contributed by atoms with Crippen LogP contribution >= 0.6 is 0 Å². The number of benzene rings is 2. The molecule has 7 nitrogen and oxygen atoms in total. The minimum absolute atomic E-state index is 0.0515. The van der Waals surface area contributed by atoms with Crippen LogP contribution < -0.4 is 11.2 Å². The minimum atomic E-state index is -0.540. The number of anilines is 1. The number of hydrogen-bond donors (Lipinski definition) is 2. The van der Waals surface area contributed by atoms with Crippen molar-refractivity contribution in [3.8, 4) is 0 Å². The molecule has 0 aliphatic carbocycles. The summed E-state index contributed by atoms with van der Waals surface area (Å²) in [4.78, 5) is 22.4. The molecule has 0 aliphatic heterocycles. The van der Waals surface area contributed by atoms with Crippen molar-refractivity contribution >= 4 is 17.4 Å². The average molecular weight is 300 g/mol. The number of aryl methyl sites for hydroxylation is 1. The summed E-state index contributed by atoms with van der Waals surface area (Å²) < 4.78 is 0. The summed E-state index contributed by atoms with van der Waals surface area (Å²) in [5.74, 6) is 5.71. The molecule has 0 radical (unpaired) electrons. The topological polar surface area (TPSA) is 102 Å². The number of carbonyl (C=O) groups is 1. The quantitative estimate of drug-likeness (QED) is 0.392. The van der Waals surface area contributed by atoms with Crippen LogP contribution in [0.15, 0.2) is 48.5 Å². The lowest BCUT2D eigenvalue weighted by molar-refractivity contribution is -0.385. The Morgan fingerprint density at radius 1 is 1.27 bits per heavy atom. The van der Waals surface area contributed by atoms with Crippen molar-refractivity contribution in [1.29, 1.82) is 0 Å². The predicted molar refractivity (Wildman–Crippen MR) is 83.0 cm³/mol. The van der Waals surface area contributed by atoms with Crippen molar-refractivity contribution < 1.29 is 9.72 Å². The molecule has 3 N–H and O–H groups in total. The van der Waals surface area contributed by atoms with E-state index >= 15 is 0 Å². The van der Waals surface area contributed by atoms with Crippen molar-refractivity contribution in [2.75, 3.05) is 5.32 Å². The van der Waals surface area contributed by atoms with E-state index in [1.807, 2.05) is 30.3 Å². The number of urea groups is 1. The zero-order valence-corrected chi connectivity index (χ0v) is 12.0. The van der Waals surface area contributed by atoms with Gasteiger partial charge in [-0.2, -0.15) is 0 Å². The number of hydrogen-bond acceptors (Lipinski definition) is 4. The summed E-state index contributed by atoms with van der Waals surface area (Å²) in [6.45, 7) is 1.87. The Kier molecular flexibility index (Phi) is 4.70. The number of nitro groups is 1. The highest BCUT2D eigenvalue weighted by molar-refractivity contribution is 5.89. The van der Waals surface area contributed by atoms with Gasteiger partial charge in [0.25, 0.3) is 5.69 Å². The molecule has 0 aliphatic rings. The first-order valence-electron chi connectivity index (χ1n) is 6.59. The molecule has 2 aromatic carbocycles. The van der Waals surface area contributed by atoms with Crippen molar-refractivity contribution in [3.63, 3.8) is 0 Å². The van der Waals surface area contributed by atoms with E-state index in [2.05, 4.69) is 5.32 Å². The maximum Gasteiger partial charge on any atom is 0.336 e. The zero-order chi connectivity index (χ0) is 16.1. The van der Waals surface area contributed by atoms with E-state index in [0.717, 1.165) is 10.6 Å². The molecule has 0 bridgehead atoms. The van der Waals surface area contributed by atoms with E-state index < -0.39 is 11.0 Å². The predicted octanol–water partition coefficient (Wildman–Crippen LogP) is 2.81. The van der Waals surface area contributed by atoms with E-state index in [1.54, 1.807) is 19.1 Å². The first-order chi connectivity index (χ1) is 10.5. The number of nitrogens with two attached hydrogens (primary N) is 1. The van der Waals surface area contributed by atoms with E-state index in [-0.39, 0.29) is 12.2 Å². The monoisotopic (exact) mass is 300 g/mol. The standard InChI is InChI=1S/C15H16N4O3/c1-11-7-8-13(9-14(11)19(21)22)17-15(20)18(16)10-12-5-3-2-4-6-12/h2-9H,10,16H2,1H3,(H,17,20). The Morgan fingerprint density at radius 2 is 1.95 bits per heavy atom. The highest BCUT2D eigenvalue weighted by Gasteiger charge is 2.14. The molecule has 2 rings (SSSR count). The Bertz CT molecular complexity index is 688. The summed E-state index contributed by atoms with van der Waals surface area (Å²) in [7, 11) is 0. The van der Waals surface area contributed by atoms with E-state index in [4.69, 9.17) is 5.84 Å². The molecule has 0 heterocycles. The van der Waals surface area contributed by atoms with Crippen molar-refractivity contribution in [2.24, 2.45) is 5.84 Å². The molecule has 0 fully saturated rings. The van der Waals surface area contributed by atoms with Gasteiger partial charge in [-0.25, -0.2) is 10.6 Å². The molecule has 0 saturated heterocycles. The third-order valence-electron chi connectivity index (χ3n) is 3.11. The van der Waals surface area contributed by atoms with Gasteiger partial charge in [0, 0.05) is 17.3 Å². The molecule has 0 aromatic heterocycles. The van der Waals surface area contributed by atoms with Gasteiger partial charge in [-0.15, -0.1) is 0 Å². The molecular formula is C15H16N4O3. The van der Waals surface area contributed by atoms with Gasteiger partial charge in [-0.05, 0) is 18.6 Å². The van der Waals surface area contributed by atoms with Crippen LogP contribution in [-0.2, 0) is 6.54 Å². The summed E-state index contributed by atoms with van der Waals surface area (Å²) in [5.41, 5.74) is 1.68. The molecule has 2 amide bonds. The first kappa shape index (κ1) is 15.5. The SMILES string of the molecule is Cc1ccc(NC(=O)N(N)Cc2ccccc2)cc1[N+](=O)[O-]. The van der Waals surface area contributed by atoms with Crippen LogP contribution in [0.25, 0.3) is 0 Å². The van der Waals surface area contributed by atoms with Gasteiger partial charge in [-0.1, -0.05) is 36.4 Å². The molecule has 22 heavy (non-hydrogen) atoms. The van der Waals surface area contributed by atoms with Gasteiger partial charge in [0.1, 0.15) is 0 Å². The highest BCUT2D eigenvalue weighted by atomic mass is 16.6. The lowest BCUT2D eigenvalue weighted by atomic mass is 10.2. The second-order valence-corrected chi connectivity index (χ2v) is 4.80. The minimum Gasteiger partial charge on any atom is -0.306 e. The maximum atomic E-state index is 12.0. The lowest BCUT2D eigenvalue weighted by Crippen LogP contribution is -2.39. The zero-order valence-electron chi connectivity index (χ0n) is 12.0. The Morgan fingerprint density at radius 3 is 2.59 bits per heavy atom. The number of nitro benzene ring substituents is 1. The molecule has 0 atom stereocenters. The van der Waals surface area contributed by atoms with Crippen LogP contribution in [0.4, 0.5) is 16.2 Å². The van der Waals surface area contributed by atoms with Gasteiger partial charge in [-0.3, -0.25) is 15.1 Å². The number of amides is 2. The van der Waals surface area contributed by atoms with E-state index in [1.165, 1.54) is 6.07 Å². The van der Waals surface area contributed by atoms with Crippen molar-refractivity contribution in [2.45, 2.75) is 13.5 Å². The largest absolute Gasteiger partial charge is 0.336 e. The van der Waals surface area contributed by atoms with E-state index in [0.29, 0.717) is 11.3 Å². The summed E-state index contributed by atoms with van der Waals surface area (Å²) in [6, 6.07) is 13.2. The molecule has 0 saturated carbocycles. The van der Waals surface area contributed by atoms with Crippen LogP contribution in [0.3, 0.4) is 0 Å². The van der Waals surface area contributed by atoms with Crippen LogP contribution in [0, 0.1) is 17.0 Å².